The Balaban J connectivity index is 4.55. The molecule has 24 heavy (non-hydrogen) atoms. The predicted molar refractivity (Wildman–Crippen MR) is 93.3 cm³/mol. The fourth-order valence-electron chi connectivity index (χ4n) is 2.62. The highest BCUT2D eigenvalue weighted by molar-refractivity contribution is 7.46. The lowest BCUT2D eigenvalue weighted by Gasteiger charge is -2.38. The minimum Gasteiger partial charge on any atom is -0.462 e. The van der Waals surface area contributed by atoms with Crippen LogP contribution in [0.4, 0.5) is 0 Å². The summed E-state index contributed by atoms with van der Waals surface area (Å²) in [6.45, 7) is 14.8. The zero-order valence-electron chi connectivity index (χ0n) is 15.4. The number of carbonyl (C=O) groups is 1. The number of ether oxygens (including phenoxy) is 1. The molecule has 0 aliphatic rings. The van der Waals surface area contributed by atoms with Crippen LogP contribution in [0.25, 0.3) is 0 Å². The van der Waals surface area contributed by atoms with Gasteiger partial charge in [0, 0.05) is 5.57 Å². The Bertz CT molecular complexity index is 436. The number of hydrogen-bond donors (Lipinski definition) is 2. The number of rotatable bonds is 13. The minimum absolute atomic E-state index is 0.268. The molecule has 0 aliphatic carbocycles. The van der Waals surface area contributed by atoms with Crippen molar-refractivity contribution in [1.82, 2.24) is 0 Å². The Morgan fingerprint density at radius 1 is 1.17 bits per heavy atom. The molecule has 0 heterocycles. The molecule has 0 aromatic carbocycles. The van der Waals surface area contributed by atoms with Crippen molar-refractivity contribution in [2.75, 3.05) is 32.8 Å². The molecule has 2 N–H and O–H groups in total. The molecule has 1 unspecified atom stereocenters. The number of carbonyl (C=O) groups excluding carboxylic acids is 1. The molecule has 7 nitrogen and oxygen atoms in total. The number of phosphoric acid groups is 1. The quantitative estimate of drug-likeness (QED) is 0.171. The van der Waals surface area contributed by atoms with Crippen molar-refractivity contribution in [3.8, 4) is 0 Å². The van der Waals surface area contributed by atoms with E-state index in [-0.39, 0.29) is 6.61 Å². The summed E-state index contributed by atoms with van der Waals surface area (Å²) >= 11 is 0. The highest BCUT2D eigenvalue weighted by atomic mass is 31.2. The smallest absolute Gasteiger partial charge is 0.462 e. The van der Waals surface area contributed by atoms with E-state index in [0.29, 0.717) is 31.4 Å². The summed E-state index contributed by atoms with van der Waals surface area (Å²) in [5.74, 6) is -0.420. The van der Waals surface area contributed by atoms with Crippen LogP contribution >= 0.6 is 7.82 Å². The second kappa shape index (κ2) is 11.0. The number of likely N-dealkylation sites (N-methyl/N-ethyl adjacent to an activating group) is 1. The Morgan fingerprint density at radius 3 is 2.12 bits per heavy atom. The van der Waals surface area contributed by atoms with E-state index in [9.17, 15) is 9.36 Å². The summed E-state index contributed by atoms with van der Waals surface area (Å²) in [5, 5.41) is 0. The molecular weight excluding hydrogens is 333 g/mol. The van der Waals surface area contributed by atoms with Crippen LogP contribution in [0.5, 0.6) is 0 Å². The molecule has 8 heteroatoms. The normalized spacial score (nSPS) is 13.6. The van der Waals surface area contributed by atoms with Crippen LogP contribution in [0.1, 0.15) is 47.0 Å². The van der Waals surface area contributed by atoms with E-state index >= 15 is 0 Å². The van der Waals surface area contributed by atoms with E-state index in [1.807, 2.05) is 0 Å². The molecule has 0 aromatic heterocycles. The van der Waals surface area contributed by atoms with Crippen LogP contribution in [0.15, 0.2) is 12.2 Å². The average molecular weight is 366 g/mol. The van der Waals surface area contributed by atoms with Crippen LogP contribution in [0, 0.1) is 0 Å². The molecule has 0 aromatic rings. The highest BCUT2D eigenvalue weighted by Crippen LogP contribution is 2.39. The second-order valence-corrected chi connectivity index (χ2v) is 7.29. The first-order valence-electron chi connectivity index (χ1n) is 8.50. The number of esters is 1. The molecule has 1 atom stereocenters. The van der Waals surface area contributed by atoms with E-state index in [4.69, 9.17) is 19.0 Å². The van der Waals surface area contributed by atoms with Crippen molar-refractivity contribution < 1.29 is 32.9 Å². The van der Waals surface area contributed by atoms with Crippen LogP contribution < -0.4 is 0 Å². The SMILES string of the molecule is C=C(C)C(=O)OCCCCC(C[N+](CC)(CC)CC)OP(=O)(O)O. The third-order valence-electron chi connectivity index (χ3n) is 4.39. The van der Waals surface area contributed by atoms with E-state index in [1.165, 1.54) is 0 Å². The number of phosphoric ester groups is 1. The summed E-state index contributed by atoms with van der Waals surface area (Å²) in [7, 11) is -4.53. The molecule has 0 radical (unpaired) electrons. The predicted octanol–water partition coefficient (Wildman–Crippen LogP) is 2.63. The van der Waals surface area contributed by atoms with Crippen LogP contribution in [-0.2, 0) is 18.6 Å². The summed E-state index contributed by atoms with van der Waals surface area (Å²) in [5.41, 5.74) is 0.355. The van der Waals surface area contributed by atoms with Crippen LogP contribution in [0.3, 0.4) is 0 Å². The van der Waals surface area contributed by atoms with E-state index in [0.717, 1.165) is 24.1 Å². The van der Waals surface area contributed by atoms with Gasteiger partial charge in [-0.1, -0.05) is 6.58 Å². The van der Waals surface area contributed by atoms with Gasteiger partial charge in [-0.05, 0) is 47.0 Å². The van der Waals surface area contributed by atoms with Crippen molar-refractivity contribution in [1.29, 1.82) is 0 Å². The van der Waals surface area contributed by atoms with Gasteiger partial charge < -0.3 is 19.0 Å². The Morgan fingerprint density at radius 2 is 1.71 bits per heavy atom. The number of nitrogens with zero attached hydrogens (tertiary/aromatic N) is 1. The first-order chi connectivity index (χ1) is 11.1. The number of quaternary nitrogens is 1. The standard InChI is InChI=1S/C16H32NO6P/c1-6-17(7-2,8-3)13-15(23-24(19,20)21)11-9-10-12-22-16(18)14(4)5/h15H,4,6-13H2,1-3,5H3,(H-,19,20,21)/p+1. The lowest BCUT2D eigenvalue weighted by molar-refractivity contribution is -0.925. The third-order valence-corrected chi connectivity index (χ3v) is 4.96. The van der Waals surface area contributed by atoms with Gasteiger partial charge in [0.1, 0.15) is 12.6 Å². The second-order valence-electron chi connectivity index (χ2n) is 6.10. The Labute approximate surface area is 145 Å². The van der Waals surface area contributed by atoms with Crippen molar-refractivity contribution >= 4 is 13.8 Å². The lowest BCUT2D eigenvalue weighted by Crippen LogP contribution is -2.52. The molecule has 0 rings (SSSR count). The fraction of sp³-hybridized carbons (Fsp3) is 0.812. The van der Waals surface area contributed by atoms with Gasteiger partial charge in [0.05, 0.1) is 26.2 Å². The molecule has 0 amide bonds. The highest BCUT2D eigenvalue weighted by Gasteiger charge is 2.31. The zero-order chi connectivity index (χ0) is 18.8. The lowest BCUT2D eigenvalue weighted by atomic mass is 10.1. The topological polar surface area (TPSA) is 93.1 Å². The Hall–Kier alpha value is -0.720. The van der Waals surface area contributed by atoms with Crippen molar-refractivity contribution in [2.24, 2.45) is 0 Å². The summed E-state index contributed by atoms with van der Waals surface area (Å²) < 4.78 is 22.0. The third kappa shape index (κ3) is 9.55. The number of hydrogen-bond acceptors (Lipinski definition) is 4. The maximum absolute atomic E-state index is 11.3. The zero-order valence-corrected chi connectivity index (χ0v) is 16.3. The van der Waals surface area contributed by atoms with Gasteiger partial charge in [0.2, 0.25) is 0 Å². The van der Waals surface area contributed by atoms with Gasteiger partial charge in [0.15, 0.2) is 0 Å². The first kappa shape index (κ1) is 23.3. The molecule has 0 fully saturated rings. The van der Waals surface area contributed by atoms with Crippen molar-refractivity contribution in [3.63, 3.8) is 0 Å². The van der Waals surface area contributed by atoms with Crippen molar-refractivity contribution in [2.45, 2.75) is 53.1 Å². The summed E-state index contributed by atoms with van der Waals surface area (Å²) in [6, 6.07) is 0. The summed E-state index contributed by atoms with van der Waals surface area (Å²) in [4.78, 5) is 29.6. The van der Waals surface area contributed by atoms with Gasteiger partial charge in [-0.3, -0.25) is 4.52 Å². The summed E-state index contributed by atoms with van der Waals surface area (Å²) in [6.07, 6.45) is 1.26. The average Bonchev–Trinajstić information content (AvgIpc) is 2.50. The largest absolute Gasteiger partial charge is 0.470 e. The van der Waals surface area contributed by atoms with Gasteiger partial charge in [0.25, 0.3) is 0 Å². The fourth-order valence-corrected chi connectivity index (χ4v) is 3.18. The molecule has 0 saturated heterocycles. The van der Waals surface area contributed by atoms with E-state index in [2.05, 4.69) is 27.4 Å². The molecule has 0 saturated carbocycles. The van der Waals surface area contributed by atoms with E-state index in [1.54, 1.807) is 6.92 Å². The monoisotopic (exact) mass is 366 g/mol. The molecule has 142 valence electrons. The molecule has 0 spiro atoms. The maximum Gasteiger partial charge on any atom is 0.470 e. The van der Waals surface area contributed by atoms with Crippen LogP contribution in [-0.4, -0.2) is 59.1 Å². The first-order valence-corrected chi connectivity index (χ1v) is 10.0. The maximum atomic E-state index is 11.3. The Kier molecular flexibility index (Phi) is 10.7. The van der Waals surface area contributed by atoms with E-state index < -0.39 is 19.9 Å². The van der Waals surface area contributed by atoms with Gasteiger partial charge in [-0.25, -0.2) is 9.36 Å². The van der Waals surface area contributed by atoms with Gasteiger partial charge in [-0.15, -0.1) is 0 Å². The van der Waals surface area contributed by atoms with Crippen LogP contribution in [0.2, 0.25) is 0 Å². The molecule has 0 bridgehead atoms. The van der Waals surface area contributed by atoms with Gasteiger partial charge in [-0.2, -0.15) is 0 Å². The number of unbranched alkanes of at least 4 members (excludes halogenated alkanes) is 1. The van der Waals surface area contributed by atoms with Gasteiger partial charge >= 0.3 is 13.8 Å². The molecular formula is C16H33NO6P+. The van der Waals surface area contributed by atoms with Crippen molar-refractivity contribution in [3.05, 3.63) is 12.2 Å². The molecule has 0 aliphatic heterocycles. The minimum atomic E-state index is -4.53.